The molecular formula is C19H25N3O3. The van der Waals surface area contributed by atoms with E-state index in [1.165, 1.54) is 0 Å². The Hall–Kier alpha value is -2.18. The first kappa shape index (κ1) is 17.6. The first-order chi connectivity index (χ1) is 12.1. The van der Waals surface area contributed by atoms with Crippen molar-refractivity contribution in [1.82, 2.24) is 15.4 Å². The summed E-state index contributed by atoms with van der Waals surface area (Å²) < 4.78 is 4.92. The zero-order chi connectivity index (χ0) is 17.6. The molecule has 6 heteroatoms. The standard InChI is InChI=1S/C19H25N3O3/c1-14-11-17(21-25-14)19(24)20-12-15-7-9-22(10-8-15)13-18(23)16-5-3-2-4-6-16/h2-6,11,15,18,23H,7-10,12-13H2,1H3,(H,20,24)/t18-/m0/s1. The number of carbonyl (C=O) groups excluding carboxylic acids is 1. The monoisotopic (exact) mass is 343 g/mol. The fourth-order valence-corrected chi connectivity index (χ4v) is 3.20. The molecule has 6 nitrogen and oxygen atoms in total. The van der Waals surface area contributed by atoms with Crippen LogP contribution in [0.25, 0.3) is 0 Å². The number of hydrogen-bond acceptors (Lipinski definition) is 5. The van der Waals surface area contributed by atoms with E-state index in [1.807, 2.05) is 30.3 Å². The molecular weight excluding hydrogens is 318 g/mol. The molecule has 1 aliphatic heterocycles. The van der Waals surface area contributed by atoms with Crippen molar-refractivity contribution in [1.29, 1.82) is 0 Å². The van der Waals surface area contributed by atoms with Crippen LogP contribution < -0.4 is 5.32 Å². The van der Waals surface area contributed by atoms with Crippen molar-refractivity contribution in [3.05, 3.63) is 53.4 Å². The molecule has 1 aliphatic rings. The molecule has 1 amide bonds. The first-order valence-corrected chi connectivity index (χ1v) is 8.78. The molecule has 1 saturated heterocycles. The quantitative estimate of drug-likeness (QED) is 0.840. The van der Waals surface area contributed by atoms with Crippen LogP contribution in [-0.4, -0.2) is 47.2 Å². The average molecular weight is 343 g/mol. The van der Waals surface area contributed by atoms with E-state index < -0.39 is 6.10 Å². The molecule has 25 heavy (non-hydrogen) atoms. The highest BCUT2D eigenvalue weighted by Gasteiger charge is 2.22. The molecule has 0 unspecified atom stereocenters. The van der Waals surface area contributed by atoms with Gasteiger partial charge in [-0.25, -0.2) is 0 Å². The highest BCUT2D eigenvalue weighted by molar-refractivity contribution is 5.92. The van der Waals surface area contributed by atoms with Crippen LogP contribution in [0.15, 0.2) is 40.9 Å². The second-order valence-corrected chi connectivity index (χ2v) is 6.70. The predicted octanol–water partition coefficient (Wildman–Crippen LogP) is 2.16. The van der Waals surface area contributed by atoms with Gasteiger partial charge in [0.25, 0.3) is 5.91 Å². The fraction of sp³-hybridized carbons (Fsp3) is 0.474. The Labute approximate surface area is 147 Å². The summed E-state index contributed by atoms with van der Waals surface area (Å²) in [5.74, 6) is 0.913. The third-order valence-corrected chi connectivity index (χ3v) is 4.73. The van der Waals surface area contributed by atoms with Gasteiger partial charge in [-0.15, -0.1) is 0 Å². The van der Waals surface area contributed by atoms with Gasteiger partial charge in [0.2, 0.25) is 0 Å². The van der Waals surface area contributed by atoms with Crippen LogP contribution in [0.1, 0.15) is 40.8 Å². The van der Waals surface area contributed by atoms with Crippen molar-refractivity contribution >= 4 is 5.91 Å². The lowest BCUT2D eigenvalue weighted by Gasteiger charge is -2.33. The summed E-state index contributed by atoms with van der Waals surface area (Å²) in [6.45, 7) is 4.95. The first-order valence-electron chi connectivity index (χ1n) is 8.78. The molecule has 0 saturated carbocycles. The molecule has 0 aliphatic carbocycles. The van der Waals surface area contributed by atoms with Gasteiger partial charge in [-0.05, 0) is 44.3 Å². The second kappa shape index (κ2) is 8.27. The lowest BCUT2D eigenvalue weighted by molar-refractivity contribution is 0.0848. The second-order valence-electron chi connectivity index (χ2n) is 6.70. The SMILES string of the molecule is Cc1cc(C(=O)NCC2CCN(C[C@H](O)c3ccccc3)CC2)no1. The molecule has 2 heterocycles. The number of aliphatic hydroxyl groups excluding tert-OH is 1. The Kier molecular flexibility index (Phi) is 5.83. The van der Waals surface area contributed by atoms with E-state index in [2.05, 4.69) is 15.4 Å². The zero-order valence-corrected chi connectivity index (χ0v) is 14.5. The minimum Gasteiger partial charge on any atom is -0.387 e. The Morgan fingerprint density at radius 1 is 1.36 bits per heavy atom. The molecule has 3 rings (SSSR count). The fourth-order valence-electron chi connectivity index (χ4n) is 3.20. The maximum absolute atomic E-state index is 12.0. The van der Waals surface area contributed by atoms with E-state index in [1.54, 1.807) is 13.0 Å². The van der Waals surface area contributed by atoms with Gasteiger partial charge >= 0.3 is 0 Å². The number of nitrogens with zero attached hydrogens (tertiary/aromatic N) is 2. The van der Waals surface area contributed by atoms with Crippen molar-refractivity contribution in [2.75, 3.05) is 26.2 Å². The Bertz CT molecular complexity index is 678. The van der Waals surface area contributed by atoms with Gasteiger partial charge in [-0.2, -0.15) is 0 Å². The third kappa shape index (κ3) is 4.90. The molecule has 1 aromatic carbocycles. The van der Waals surface area contributed by atoms with E-state index in [4.69, 9.17) is 4.52 Å². The van der Waals surface area contributed by atoms with Crippen molar-refractivity contribution < 1.29 is 14.4 Å². The number of aromatic nitrogens is 1. The number of β-amino-alcohol motifs (C(OH)–C–C–N with tert-alkyl or cyclic N) is 1. The highest BCUT2D eigenvalue weighted by atomic mass is 16.5. The minimum absolute atomic E-state index is 0.182. The number of piperidine rings is 1. The highest BCUT2D eigenvalue weighted by Crippen LogP contribution is 2.20. The van der Waals surface area contributed by atoms with Crippen molar-refractivity contribution in [2.45, 2.75) is 25.9 Å². The van der Waals surface area contributed by atoms with Gasteiger partial charge in [-0.3, -0.25) is 4.79 Å². The van der Waals surface area contributed by atoms with E-state index in [-0.39, 0.29) is 5.91 Å². The van der Waals surface area contributed by atoms with Gasteiger partial charge in [-0.1, -0.05) is 35.5 Å². The summed E-state index contributed by atoms with van der Waals surface area (Å²) in [4.78, 5) is 14.3. The van der Waals surface area contributed by atoms with E-state index in [9.17, 15) is 9.90 Å². The van der Waals surface area contributed by atoms with Gasteiger partial charge in [0.1, 0.15) is 5.76 Å². The number of carbonyl (C=O) groups is 1. The lowest BCUT2D eigenvalue weighted by Crippen LogP contribution is -2.40. The zero-order valence-electron chi connectivity index (χ0n) is 14.5. The molecule has 0 bridgehead atoms. The number of likely N-dealkylation sites (tertiary alicyclic amines) is 1. The van der Waals surface area contributed by atoms with Gasteiger partial charge in [0.15, 0.2) is 5.69 Å². The van der Waals surface area contributed by atoms with E-state index >= 15 is 0 Å². The van der Waals surface area contributed by atoms with E-state index in [0.29, 0.717) is 30.5 Å². The Morgan fingerprint density at radius 2 is 2.08 bits per heavy atom. The van der Waals surface area contributed by atoms with Crippen LogP contribution >= 0.6 is 0 Å². The van der Waals surface area contributed by atoms with Crippen molar-refractivity contribution in [2.24, 2.45) is 5.92 Å². The molecule has 134 valence electrons. The predicted molar refractivity (Wildman–Crippen MR) is 94.1 cm³/mol. The molecule has 1 atom stereocenters. The molecule has 2 N–H and O–H groups in total. The molecule has 1 fully saturated rings. The van der Waals surface area contributed by atoms with Crippen LogP contribution in [0.2, 0.25) is 0 Å². The van der Waals surface area contributed by atoms with Gasteiger partial charge in [0.05, 0.1) is 6.10 Å². The molecule has 1 aromatic heterocycles. The molecule has 0 radical (unpaired) electrons. The van der Waals surface area contributed by atoms with Crippen LogP contribution in [-0.2, 0) is 0 Å². The molecule has 0 spiro atoms. The van der Waals surface area contributed by atoms with Crippen molar-refractivity contribution in [3.63, 3.8) is 0 Å². The number of nitrogens with one attached hydrogen (secondary N) is 1. The number of rotatable bonds is 6. The Balaban J connectivity index is 1.39. The summed E-state index contributed by atoms with van der Waals surface area (Å²) in [5.41, 5.74) is 1.29. The smallest absolute Gasteiger partial charge is 0.273 e. The largest absolute Gasteiger partial charge is 0.387 e. The lowest BCUT2D eigenvalue weighted by atomic mass is 9.96. The van der Waals surface area contributed by atoms with Crippen LogP contribution in [0, 0.1) is 12.8 Å². The summed E-state index contributed by atoms with van der Waals surface area (Å²) in [7, 11) is 0. The summed E-state index contributed by atoms with van der Waals surface area (Å²) in [6, 6.07) is 11.4. The Morgan fingerprint density at radius 3 is 2.72 bits per heavy atom. The van der Waals surface area contributed by atoms with Crippen LogP contribution in [0.5, 0.6) is 0 Å². The maximum atomic E-state index is 12.0. The number of amides is 1. The van der Waals surface area contributed by atoms with Crippen LogP contribution in [0.3, 0.4) is 0 Å². The van der Waals surface area contributed by atoms with Gasteiger partial charge < -0.3 is 19.8 Å². The van der Waals surface area contributed by atoms with E-state index in [0.717, 1.165) is 31.5 Å². The minimum atomic E-state index is -0.451. The summed E-state index contributed by atoms with van der Waals surface area (Å²) in [5, 5.41) is 17.0. The van der Waals surface area contributed by atoms with Crippen LogP contribution in [0.4, 0.5) is 0 Å². The normalized spacial score (nSPS) is 17.4. The number of hydrogen-bond donors (Lipinski definition) is 2. The van der Waals surface area contributed by atoms with Gasteiger partial charge in [0, 0.05) is 19.2 Å². The maximum Gasteiger partial charge on any atom is 0.273 e. The van der Waals surface area contributed by atoms with Crippen molar-refractivity contribution in [3.8, 4) is 0 Å². The summed E-state index contributed by atoms with van der Waals surface area (Å²) in [6.07, 6.45) is 1.58. The molecule has 2 aromatic rings. The summed E-state index contributed by atoms with van der Waals surface area (Å²) >= 11 is 0. The number of aliphatic hydroxyl groups is 1. The third-order valence-electron chi connectivity index (χ3n) is 4.73. The number of benzene rings is 1. The number of aryl methyl sites for hydroxylation is 1. The topological polar surface area (TPSA) is 78.6 Å². The average Bonchev–Trinajstić information content (AvgIpc) is 3.08.